The van der Waals surface area contributed by atoms with Crippen molar-refractivity contribution in [3.05, 3.63) is 143 Å². The smallest absolute Gasteiger partial charge is 0.258 e. The number of rotatable bonds is 6. The fourth-order valence-corrected chi connectivity index (χ4v) is 4.20. The van der Waals surface area contributed by atoms with Gasteiger partial charge in [0.05, 0.1) is 4.92 Å². The molecule has 4 nitrogen and oxygen atoms in total. The van der Waals surface area contributed by atoms with Gasteiger partial charge in [-0.1, -0.05) is 66.7 Å². The first-order chi connectivity index (χ1) is 16.7. The predicted molar refractivity (Wildman–Crippen MR) is 135 cm³/mol. The van der Waals surface area contributed by atoms with Crippen LogP contribution in [0, 0.1) is 10.1 Å². The third-order valence-corrected chi connectivity index (χ3v) is 5.90. The molecule has 0 atom stereocenters. The van der Waals surface area contributed by atoms with Crippen molar-refractivity contribution in [1.29, 1.82) is 0 Å². The monoisotopic (exact) mass is 443 g/mol. The second-order valence-electron chi connectivity index (χ2n) is 8.12. The Balaban J connectivity index is 1.76. The van der Waals surface area contributed by atoms with Crippen LogP contribution in [0.5, 0.6) is 0 Å². The standard InChI is InChI=1S/C30H23N2O2/c33-32(34)28-18-16-24(17-19-28)27-20-29(25-12-6-2-7-13-25)31(22-23-10-4-1-5-11-23)30(21-27)26-14-8-3-9-15-26/h1-21H,22H2/q+1. The van der Waals surface area contributed by atoms with E-state index < -0.39 is 0 Å². The molecule has 4 aromatic carbocycles. The minimum absolute atomic E-state index is 0.0883. The number of nitro groups is 1. The van der Waals surface area contributed by atoms with E-state index in [9.17, 15) is 10.1 Å². The van der Waals surface area contributed by atoms with Crippen LogP contribution in [0.4, 0.5) is 5.69 Å². The topological polar surface area (TPSA) is 47.0 Å². The van der Waals surface area contributed by atoms with E-state index in [1.165, 1.54) is 5.56 Å². The number of pyridine rings is 1. The molecule has 0 aliphatic rings. The summed E-state index contributed by atoms with van der Waals surface area (Å²) in [4.78, 5) is 10.8. The van der Waals surface area contributed by atoms with E-state index in [1.54, 1.807) is 12.1 Å². The van der Waals surface area contributed by atoms with E-state index in [4.69, 9.17) is 0 Å². The molecule has 0 fully saturated rings. The lowest BCUT2D eigenvalue weighted by Crippen LogP contribution is -2.39. The quantitative estimate of drug-likeness (QED) is 0.162. The summed E-state index contributed by atoms with van der Waals surface area (Å²) in [6.07, 6.45) is 0. The van der Waals surface area contributed by atoms with Gasteiger partial charge in [-0.25, -0.2) is 0 Å². The highest BCUT2D eigenvalue weighted by Crippen LogP contribution is 2.30. The highest BCUT2D eigenvalue weighted by atomic mass is 16.6. The summed E-state index contributed by atoms with van der Waals surface area (Å²) in [6, 6.07) is 42.2. The molecule has 0 bridgehead atoms. The Morgan fingerprint density at radius 2 is 1.03 bits per heavy atom. The molecular formula is C30H23N2O2+. The van der Waals surface area contributed by atoms with Crippen LogP contribution in [0.2, 0.25) is 0 Å². The Morgan fingerprint density at radius 1 is 0.559 bits per heavy atom. The van der Waals surface area contributed by atoms with Crippen LogP contribution in [-0.4, -0.2) is 4.92 Å². The Bertz CT molecular complexity index is 1360. The zero-order valence-electron chi connectivity index (χ0n) is 18.5. The van der Waals surface area contributed by atoms with Crippen molar-refractivity contribution in [1.82, 2.24) is 0 Å². The van der Waals surface area contributed by atoms with Crippen LogP contribution in [0.1, 0.15) is 5.56 Å². The lowest BCUT2D eigenvalue weighted by Gasteiger charge is -2.13. The van der Waals surface area contributed by atoms with Gasteiger partial charge in [-0.05, 0) is 47.5 Å². The molecule has 34 heavy (non-hydrogen) atoms. The molecule has 0 aliphatic heterocycles. The van der Waals surface area contributed by atoms with Crippen molar-refractivity contribution in [2.24, 2.45) is 0 Å². The van der Waals surface area contributed by atoms with Gasteiger partial charge in [0.1, 0.15) is 0 Å². The van der Waals surface area contributed by atoms with E-state index in [0.29, 0.717) is 0 Å². The molecule has 1 aromatic heterocycles. The van der Waals surface area contributed by atoms with Crippen molar-refractivity contribution in [2.45, 2.75) is 6.54 Å². The van der Waals surface area contributed by atoms with E-state index in [0.717, 1.165) is 40.2 Å². The molecule has 0 saturated carbocycles. The van der Waals surface area contributed by atoms with Crippen molar-refractivity contribution >= 4 is 5.69 Å². The first-order valence-electron chi connectivity index (χ1n) is 11.2. The maximum absolute atomic E-state index is 11.1. The number of nitrogens with zero attached hydrogens (tertiary/aromatic N) is 2. The van der Waals surface area contributed by atoms with Crippen LogP contribution in [0.15, 0.2) is 127 Å². The van der Waals surface area contributed by atoms with Crippen molar-refractivity contribution in [3.8, 4) is 33.6 Å². The number of benzene rings is 4. The van der Waals surface area contributed by atoms with Gasteiger partial charge in [0.25, 0.3) is 5.69 Å². The van der Waals surface area contributed by atoms with E-state index in [2.05, 4.69) is 65.2 Å². The maximum atomic E-state index is 11.1. The average Bonchev–Trinajstić information content (AvgIpc) is 2.90. The fraction of sp³-hybridized carbons (Fsp3) is 0.0333. The van der Waals surface area contributed by atoms with Gasteiger partial charge in [-0.15, -0.1) is 0 Å². The SMILES string of the molecule is O=[N+]([O-])c1ccc(-c2cc(-c3ccccc3)[n+](Cc3ccccc3)c(-c3ccccc3)c2)cc1. The highest BCUT2D eigenvalue weighted by Gasteiger charge is 2.23. The molecule has 0 saturated heterocycles. The van der Waals surface area contributed by atoms with E-state index in [-0.39, 0.29) is 10.6 Å². The molecule has 0 N–H and O–H groups in total. The molecule has 1 heterocycles. The molecule has 0 radical (unpaired) electrons. The molecule has 164 valence electrons. The number of hydrogen-bond donors (Lipinski definition) is 0. The molecular weight excluding hydrogens is 420 g/mol. The normalized spacial score (nSPS) is 10.7. The minimum atomic E-state index is -0.368. The molecule has 0 aliphatic carbocycles. The Labute approximate surface area is 198 Å². The maximum Gasteiger partial charge on any atom is 0.269 e. The van der Waals surface area contributed by atoms with Crippen LogP contribution >= 0.6 is 0 Å². The van der Waals surface area contributed by atoms with Gasteiger partial charge >= 0.3 is 0 Å². The zero-order valence-corrected chi connectivity index (χ0v) is 18.5. The van der Waals surface area contributed by atoms with Gasteiger partial charge in [0, 0.05) is 41.0 Å². The van der Waals surface area contributed by atoms with Crippen molar-refractivity contribution in [2.75, 3.05) is 0 Å². The third kappa shape index (κ3) is 4.48. The second kappa shape index (κ2) is 9.51. The van der Waals surface area contributed by atoms with Crippen LogP contribution < -0.4 is 4.57 Å². The van der Waals surface area contributed by atoms with Crippen molar-refractivity contribution < 1.29 is 9.49 Å². The number of non-ortho nitro benzene ring substituents is 1. The molecule has 0 amide bonds. The first kappa shape index (κ1) is 21.3. The molecule has 0 spiro atoms. The number of aromatic nitrogens is 1. The van der Waals surface area contributed by atoms with Gasteiger partial charge in [0.15, 0.2) is 6.54 Å². The fourth-order valence-electron chi connectivity index (χ4n) is 4.20. The predicted octanol–water partition coefficient (Wildman–Crippen LogP) is 6.93. The summed E-state index contributed by atoms with van der Waals surface area (Å²) in [5.74, 6) is 0. The van der Waals surface area contributed by atoms with Gasteiger partial charge < -0.3 is 0 Å². The van der Waals surface area contributed by atoms with Crippen molar-refractivity contribution in [3.63, 3.8) is 0 Å². The molecule has 5 aromatic rings. The van der Waals surface area contributed by atoms with E-state index in [1.807, 2.05) is 54.6 Å². The summed E-state index contributed by atoms with van der Waals surface area (Å²) in [5.41, 5.74) is 7.64. The molecule has 5 rings (SSSR count). The number of nitro benzene ring substituents is 1. The highest BCUT2D eigenvalue weighted by molar-refractivity contribution is 5.74. The lowest BCUT2D eigenvalue weighted by atomic mass is 9.98. The summed E-state index contributed by atoms with van der Waals surface area (Å²) >= 11 is 0. The lowest BCUT2D eigenvalue weighted by molar-refractivity contribution is -0.666. The summed E-state index contributed by atoms with van der Waals surface area (Å²) in [7, 11) is 0. The molecule has 4 heteroatoms. The Morgan fingerprint density at radius 3 is 1.50 bits per heavy atom. The van der Waals surface area contributed by atoms with Gasteiger partial charge in [-0.2, -0.15) is 4.57 Å². The van der Waals surface area contributed by atoms with Gasteiger partial charge in [0.2, 0.25) is 11.4 Å². The van der Waals surface area contributed by atoms with Crippen LogP contribution in [-0.2, 0) is 6.54 Å². The largest absolute Gasteiger partial charge is 0.269 e. The summed E-state index contributed by atoms with van der Waals surface area (Å²) < 4.78 is 2.34. The summed E-state index contributed by atoms with van der Waals surface area (Å²) in [6.45, 7) is 0.718. The number of hydrogen-bond acceptors (Lipinski definition) is 2. The van der Waals surface area contributed by atoms with Gasteiger partial charge in [-0.3, -0.25) is 10.1 Å². The summed E-state index contributed by atoms with van der Waals surface area (Å²) in [5, 5.41) is 11.1. The third-order valence-electron chi connectivity index (χ3n) is 5.90. The van der Waals surface area contributed by atoms with E-state index >= 15 is 0 Å². The van der Waals surface area contributed by atoms with Crippen LogP contribution in [0.25, 0.3) is 33.6 Å². The Hall–Kier alpha value is -4.57. The first-order valence-corrected chi connectivity index (χ1v) is 11.2. The average molecular weight is 444 g/mol. The van der Waals surface area contributed by atoms with Crippen LogP contribution in [0.3, 0.4) is 0 Å². The second-order valence-corrected chi connectivity index (χ2v) is 8.12. The molecule has 0 unspecified atom stereocenters. The minimum Gasteiger partial charge on any atom is -0.258 e. The Kier molecular flexibility index (Phi) is 5.95. The zero-order chi connectivity index (χ0) is 23.3.